The Morgan fingerprint density at radius 2 is 1.06 bits per heavy atom. The molecule has 0 aliphatic carbocycles. The minimum absolute atomic E-state index is 0.341. The summed E-state index contributed by atoms with van der Waals surface area (Å²) in [6, 6.07) is 0. The molecule has 17 heavy (non-hydrogen) atoms. The molecule has 0 aromatic heterocycles. The molecule has 1 aliphatic rings. The third-order valence-electron chi connectivity index (χ3n) is 1.85. The molecule has 0 amide bonds. The first kappa shape index (κ1) is 15.2. The van der Waals surface area contributed by atoms with E-state index in [1.807, 2.05) is 0 Å². The summed E-state index contributed by atoms with van der Waals surface area (Å²) in [5.41, 5.74) is 0. The van der Waals surface area contributed by atoms with E-state index in [-0.39, 0.29) is 0 Å². The Balaban J connectivity index is 3.83. The third kappa shape index (κ3) is 1.40. The molecule has 0 unspecified atom stereocenters. The molecule has 0 N–H and O–H groups in total. The first-order valence-corrected chi connectivity index (χ1v) is 7.09. The molecule has 0 saturated carbocycles. The number of sulfonamides is 2. The molecule has 0 atom stereocenters. The summed E-state index contributed by atoms with van der Waals surface area (Å²) in [5.74, 6) is 0. The van der Waals surface area contributed by atoms with Crippen LogP contribution in [0.3, 0.4) is 0 Å². The Kier molecular flexibility index (Phi) is 3.03. The number of nitrogens with zero attached hydrogens (tertiary/aromatic N) is 1. The second-order valence-corrected chi connectivity index (χ2v) is 9.39. The molecule has 0 aromatic carbocycles. The van der Waals surface area contributed by atoms with E-state index in [0.717, 1.165) is 0 Å². The highest BCUT2D eigenvalue weighted by atomic mass is 127. The molecule has 1 aliphatic heterocycles. The molecule has 0 radical (unpaired) electrons. The van der Waals surface area contributed by atoms with Crippen LogP contribution in [0.4, 0.5) is 26.3 Å². The Labute approximate surface area is 104 Å². The molecule has 1 saturated heterocycles. The van der Waals surface area contributed by atoms with Gasteiger partial charge in [-0.3, -0.25) is 0 Å². The molecule has 5 nitrogen and oxygen atoms in total. The fourth-order valence-electron chi connectivity index (χ4n) is 1.18. The van der Waals surface area contributed by atoms with Crippen LogP contribution in [-0.2, 0) is 20.0 Å². The van der Waals surface area contributed by atoms with Crippen molar-refractivity contribution in [1.29, 1.82) is 0 Å². The van der Waals surface area contributed by atoms with Crippen LogP contribution in [0.1, 0.15) is 0 Å². The molecule has 0 spiro atoms. The van der Waals surface area contributed by atoms with Crippen molar-refractivity contribution in [3.05, 3.63) is 0 Å². The fraction of sp³-hybridized carbons (Fsp3) is 1.00. The van der Waals surface area contributed by atoms with E-state index in [1.54, 1.807) is 0 Å². The van der Waals surface area contributed by atoms with E-state index >= 15 is 0 Å². The maximum atomic E-state index is 12.3. The zero-order chi connectivity index (χ0) is 14.1. The Hall–Kier alpha value is 0.170. The summed E-state index contributed by atoms with van der Waals surface area (Å²) in [6.45, 7) is 0. The average Bonchev–Trinajstić information content (AvgIpc) is 1.95. The second kappa shape index (κ2) is 3.38. The van der Waals surface area contributed by atoms with E-state index in [2.05, 4.69) is 0 Å². The van der Waals surface area contributed by atoms with Gasteiger partial charge < -0.3 is 0 Å². The molecule has 14 heteroatoms. The van der Waals surface area contributed by atoms with Gasteiger partial charge in [-0.25, -0.2) is 16.8 Å². The fourth-order valence-corrected chi connectivity index (χ4v) is 8.05. The first-order valence-electron chi connectivity index (χ1n) is 3.24. The minimum atomic E-state index is -6.52. The monoisotopic (exact) mass is 419 g/mol. The average molecular weight is 419 g/mol. The van der Waals surface area contributed by atoms with Gasteiger partial charge in [0.15, 0.2) is 0 Å². The largest absolute Gasteiger partial charge is 0.434 e. The van der Waals surface area contributed by atoms with Gasteiger partial charge in [0.25, 0.3) is 20.0 Å². The lowest BCUT2D eigenvalue weighted by Crippen LogP contribution is -2.78. The van der Waals surface area contributed by atoms with Gasteiger partial charge in [-0.15, -0.1) is 0 Å². The highest BCUT2D eigenvalue weighted by molar-refractivity contribution is 14.1. The van der Waals surface area contributed by atoms with Gasteiger partial charge >= 0.3 is 16.4 Å². The molecule has 102 valence electrons. The minimum Gasteiger partial charge on any atom is -0.208 e. The molecular formula is C3F6INO4S2. The van der Waals surface area contributed by atoms with E-state index in [9.17, 15) is 43.2 Å². The van der Waals surface area contributed by atoms with E-state index < -0.39 is 38.4 Å². The van der Waals surface area contributed by atoms with Crippen LogP contribution >= 0.6 is 22.9 Å². The van der Waals surface area contributed by atoms with Crippen LogP contribution in [0, 0.1) is 0 Å². The van der Waals surface area contributed by atoms with Crippen LogP contribution in [0.2, 0.25) is 0 Å². The van der Waals surface area contributed by atoms with Crippen molar-refractivity contribution in [2.75, 3.05) is 0 Å². The van der Waals surface area contributed by atoms with Crippen LogP contribution < -0.4 is 0 Å². The number of alkyl halides is 6. The topological polar surface area (TPSA) is 71.5 Å². The summed E-state index contributed by atoms with van der Waals surface area (Å²) in [7, 11) is -12.2. The van der Waals surface area contributed by atoms with Gasteiger partial charge in [0.2, 0.25) is 0 Å². The van der Waals surface area contributed by atoms with E-state index in [4.69, 9.17) is 0 Å². The smallest absolute Gasteiger partial charge is 0.208 e. The predicted octanol–water partition coefficient (Wildman–Crippen LogP) is 1.13. The maximum absolute atomic E-state index is 12.3. The number of hydrogen-bond donors (Lipinski definition) is 0. The van der Waals surface area contributed by atoms with Crippen molar-refractivity contribution in [3.8, 4) is 0 Å². The van der Waals surface area contributed by atoms with E-state index in [0.29, 0.717) is 22.9 Å². The lowest BCUT2D eigenvalue weighted by molar-refractivity contribution is -0.243. The summed E-state index contributed by atoms with van der Waals surface area (Å²) >= 11 is 0.341. The predicted molar refractivity (Wildman–Crippen MR) is 48.5 cm³/mol. The molecular weight excluding hydrogens is 419 g/mol. The highest BCUT2D eigenvalue weighted by Crippen LogP contribution is 2.61. The number of hydrogen-bond acceptors (Lipinski definition) is 4. The third-order valence-corrected chi connectivity index (χ3v) is 10.5. The van der Waals surface area contributed by atoms with Crippen LogP contribution in [0.25, 0.3) is 0 Å². The highest BCUT2D eigenvalue weighted by Gasteiger charge is 2.95. The Morgan fingerprint density at radius 1 is 0.824 bits per heavy atom. The quantitative estimate of drug-likeness (QED) is 0.336. The molecule has 0 aromatic rings. The number of rotatable bonds is 0. The number of halogens is 7. The van der Waals surface area contributed by atoms with E-state index in [1.165, 1.54) is 0 Å². The molecule has 1 rings (SSSR count). The maximum Gasteiger partial charge on any atom is 0.434 e. The first-order chi connectivity index (χ1) is 7.15. The lowest BCUT2D eigenvalue weighted by Gasteiger charge is -2.44. The second-order valence-electron chi connectivity index (χ2n) is 2.77. The van der Waals surface area contributed by atoms with Crippen molar-refractivity contribution in [3.63, 3.8) is 0 Å². The van der Waals surface area contributed by atoms with Gasteiger partial charge in [-0.2, -0.15) is 26.3 Å². The van der Waals surface area contributed by atoms with Gasteiger partial charge in [0, 0.05) is 0 Å². The van der Waals surface area contributed by atoms with Crippen molar-refractivity contribution >= 4 is 42.9 Å². The molecule has 0 bridgehead atoms. The molecule has 1 heterocycles. The van der Waals surface area contributed by atoms with Crippen LogP contribution in [0.5, 0.6) is 0 Å². The van der Waals surface area contributed by atoms with Gasteiger partial charge in [0.05, 0.1) is 22.9 Å². The lowest BCUT2D eigenvalue weighted by atomic mass is 10.4. The Bertz CT molecular complexity index is 495. The normalized spacial score (nSPS) is 27.5. The summed E-state index contributed by atoms with van der Waals surface area (Å²) < 4.78 is 111. The summed E-state index contributed by atoms with van der Waals surface area (Å²) in [5, 5.41) is 0. The van der Waals surface area contributed by atoms with Gasteiger partial charge in [-0.05, 0) is 1.92 Å². The SMILES string of the molecule is O=S1(=O)N(I)S(=O)(=O)C1(C(F)(F)F)C(F)(F)F. The zero-order valence-corrected chi connectivity index (χ0v) is 10.8. The van der Waals surface area contributed by atoms with Crippen molar-refractivity contribution in [2.45, 2.75) is 16.4 Å². The van der Waals surface area contributed by atoms with Crippen LogP contribution in [-0.4, -0.2) is 35.2 Å². The molecule has 1 fully saturated rings. The van der Waals surface area contributed by atoms with Gasteiger partial charge in [-0.1, -0.05) is 0 Å². The van der Waals surface area contributed by atoms with Crippen LogP contribution in [0.15, 0.2) is 0 Å². The Morgan fingerprint density at radius 3 is 1.18 bits per heavy atom. The van der Waals surface area contributed by atoms with Crippen molar-refractivity contribution < 1.29 is 43.2 Å². The van der Waals surface area contributed by atoms with Gasteiger partial charge in [0.1, 0.15) is 0 Å². The summed E-state index contributed by atoms with van der Waals surface area (Å²) in [4.78, 5) is 0. The van der Waals surface area contributed by atoms with Crippen molar-refractivity contribution in [1.82, 2.24) is 1.92 Å². The summed E-state index contributed by atoms with van der Waals surface area (Å²) in [6.07, 6.45) is -13.0. The van der Waals surface area contributed by atoms with Crippen molar-refractivity contribution in [2.24, 2.45) is 0 Å². The zero-order valence-electron chi connectivity index (χ0n) is 7.04. The standard InChI is InChI=1S/C3F6INO4S2/c4-2(5,6)1(3(7,8)9)16(12,13)11(10)17(1,14)15.